The molecule has 10 heteroatoms. The molecule has 0 saturated carbocycles. The van der Waals surface area contributed by atoms with Crippen molar-refractivity contribution in [2.24, 2.45) is 0 Å². The minimum absolute atomic E-state index is 0.206. The lowest BCUT2D eigenvalue weighted by Gasteiger charge is -2.36. The van der Waals surface area contributed by atoms with E-state index in [0.29, 0.717) is 18.8 Å². The van der Waals surface area contributed by atoms with Gasteiger partial charge in [0.25, 0.3) is 0 Å². The summed E-state index contributed by atoms with van der Waals surface area (Å²) in [4.78, 5) is 25.3. The van der Waals surface area contributed by atoms with Crippen LogP contribution in [0.3, 0.4) is 0 Å². The third-order valence-electron chi connectivity index (χ3n) is 4.36. The van der Waals surface area contributed by atoms with E-state index in [-0.39, 0.29) is 18.0 Å². The minimum atomic E-state index is -3.59. The van der Waals surface area contributed by atoms with E-state index in [9.17, 15) is 18.0 Å². The van der Waals surface area contributed by atoms with Crippen LogP contribution in [0.4, 0.5) is 4.79 Å². The first kappa shape index (κ1) is 20.1. The first-order valence-corrected chi connectivity index (χ1v) is 9.64. The minimum Gasteiger partial charge on any atom is -0.497 e. The van der Waals surface area contributed by atoms with Crippen molar-refractivity contribution in [3.05, 3.63) is 24.3 Å². The molecule has 3 amide bonds. The number of hydrogen-bond acceptors (Lipinski definition) is 6. The maximum absolute atomic E-state index is 12.7. The molecule has 1 aromatic rings. The molecule has 26 heavy (non-hydrogen) atoms. The monoisotopic (exact) mass is 384 g/mol. The highest BCUT2D eigenvalue weighted by Gasteiger charge is 2.32. The molecule has 1 atom stereocenters. The number of methoxy groups -OCH3 is 1. The number of carbonyl (C=O) groups is 2. The summed E-state index contributed by atoms with van der Waals surface area (Å²) in [6.45, 7) is 3.03. The first-order chi connectivity index (χ1) is 12.3. The third kappa shape index (κ3) is 4.51. The Morgan fingerprint density at radius 3 is 2.19 bits per heavy atom. The molecule has 1 fully saturated rings. The second-order valence-electron chi connectivity index (χ2n) is 5.86. The van der Waals surface area contributed by atoms with Crippen LogP contribution in [-0.4, -0.2) is 75.9 Å². The van der Waals surface area contributed by atoms with E-state index in [1.807, 2.05) is 4.90 Å². The average Bonchev–Trinajstić information content (AvgIpc) is 2.67. The number of benzene rings is 1. The van der Waals surface area contributed by atoms with E-state index in [1.165, 1.54) is 30.6 Å². The largest absolute Gasteiger partial charge is 0.497 e. The van der Waals surface area contributed by atoms with Crippen LogP contribution in [-0.2, 0) is 14.8 Å². The molecule has 2 N–H and O–H groups in total. The highest BCUT2D eigenvalue weighted by atomic mass is 32.2. The molecule has 1 saturated heterocycles. The molecule has 0 aliphatic carbocycles. The first-order valence-electron chi connectivity index (χ1n) is 8.20. The number of urea groups is 1. The average molecular weight is 384 g/mol. The summed E-state index contributed by atoms with van der Waals surface area (Å²) in [7, 11) is -0.648. The summed E-state index contributed by atoms with van der Waals surface area (Å²) in [5, 5.41) is 4.55. The Hall–Kier alpha value is -2.17. The number of nitrogens with zero attached hydrogens (tertiary/aromatic N) is 2. The number of rotatable bonds is 5. The summed E-state index contributed by atoms with van der Waals surface area (Å²) in [6.07, 6.45) is 0. The number of piperazine rings is 1. The van der Waals surface area contributed by atoms with Crippen LogP contribution >= 0.6 is 0 Å². The second kappa shape index (κ2) is 8.47. The third-order valence-corrected chi connectivity index (χ3v) is 6.27. The zero-order chi connectivity index (χ0) is 19.3. The molecule has 1 heterocycles. The quantitative estimate of drug-likeness (QED) is 0.731. The smallest absolute Gasteiger partial charge is 0.321 e. The molecule has 1 aliphatic heterocycles. The Kier molecular flexibility index (Phi) is 6.57. The molecule has 9 nitrogen and oxygen atoms in total. The molecule has 1 aromatic carbocycles. The van der Waals surface area contributed by atoms with Gasteiger partial charge in [-0.05, 0) is 31.2 Å². The van der Waals surface area contributed by atoms with Crippen LogP contribution in [0.5, 0.6) is 5.75 Å². The molecule has 0 unspecified atom stereocenters. The van der Waals surface area contributed by atoms with Gasteiger partial charge in [0.1, 0.15) is 5.75 Å². The van der Waals surface area contributed by atoms with Gasteiger partial charge in [0.2, 0.25) is 15.9 Å². The fraction of sp³-hybridized carbons (Fsp3) is 0.500. The Bertz CT molecular complexity index is 742. The standard InChI is InChI=1S/C16H24N4O5S/c1-12(15(21)18-16(22)17-2)19-8-10-20(11-9-19)26(23,24)14-6-4-13(25-3)5-7-14/h4-7,12H,8-11H2,1-3H3,(H2,17,18,21,22)/t12-/m1/s1. The predicted molar refractivity (Wildman–Crippen MR) is 95.4 cm³/mol. The molecule has 0 radical (unpaired) electrons. The van der Waals surface area contributed by atoms with Crippen molar-refractivity contribution in [2.75, 3.05) is 40.3 Å². The number of carbonyl (C=O) groups excluding carboxylic acids is 2. The molecular weight excluding hydrogens is 360 g/mol. The van der Waals surface area contributed by atoms with Gasteiger partial charge in [-0.25, -0.2) is 13.2 Å². The van der Waals surface area contributed by atoms with Crippen molar-refractivity contribution < 1.29 is 22.7 Å². The van der Waals surface area contributed by atoms with Crippen LogP contribution in [0.15, 0.2) is 29.2 Å². The maximum atomic E-state index is 12.7. The van der Waals surface area contributed by atoms with Gasteiger partial charge < -0.3 is 10.1 Å². The summed E-state index contributed by atoms with van der Waals surface area (Å²) in [5.41, 5.74) is 0. The Labute approximate surface area is 153 Å². The highest BCUT2D eigenvalue weighted by Crippen LogP contribution is 2.21. The van der Waals surface area contributed by atoms with Crippen molar-refractivity contribution in [1.82, 2.24) is 19.8 Å². The predicted octanol–water partition coefficient (Wildman–Crippen LogP) is -0.154. The lowest BCUT2D eigenvalue weighted by Crippen LogP contribution is -2.56. The second-order valence-corrected chi connectivity index (χ2v) is 7.80. The van der Waals surface area contributed by atoms with E-state index in [1.54, 1.807) is 19.1 Å². The van der Waals surface area contributed by atoms with Crippen LogP contribution in [0.2, 0.25) is 0 Å². The number of amides is 3. The summed E-state index contributed by atoms with van der Waals surface area (Å²) in [6, 6.07) is 5.14. The molecule has 0 spiro atoms. The fourth-order valence-corrected chi connectivity index (χ4v) is 4.09. The SMILES string of the molecule is CNC(=O)NC(=O)[C@@H](C)N1CCN(S(=O)(=O)c2ccc(OC)cc2)CC1. The van der Waals surface area contributed by atoms with E-state index in [2.05, 4.69) is 10.6 Å². The number of imide groups is 1. The topological polar surface area (TPSA) is 108 Å². The lowest BCUT2D eigenvalue weighted by molar-refractivity contribution is -0.125. The van der Waals surface area contributed by atoms with E-state index in [0.717, 1.165) is 0 Å². The van der Waals surface area contributed by atoms with E-state index < -0.39 is 28.0 Å². The van der Waals surface area contributed by atoms with E-state index >= 15 is 0 Å². The Morgan fingerprint density at radius 1 is 1.12 bits per heavy atom. The maximum Gasteiger partial charge on any atom is 0.321 e. The van der Waals surface area contributed by atoms with Crippen molar-refractivity contribution in [2.45, 2.75) is 17.9 Å². The number of ether oxygens (including phenoxy) is 1. The zero-order valence-corrected chi connectivity index (χ0v) is 15.9. The molecule has 0 bridgehead atoms. The van der Waals surface area contributed by atoms with Crippen molar-refractivity contribution in [1.29, 1.82) is 0 Å². The van der Waals surface area contributed by atoms with E-state index in [4.69, 9.17) is 4.74 Å². The molecule has 0 aromatic heterocycles. The number of hydrogen-bond donors (Lipinski definition) is 2. The van der Waals surface area contributed by atoms with Gasteiger partial charge in [0.15, 0.2) is 0 Å². The van der Waals surface area contributed by atoms with Crippen LogP contribution in [0.1, 0.15) is 6.92 Å². The normalized spacial score (nSPS) is 17.3. The van der Waals surface area contributed by atoms with Gasteiger partial charge in [0, 0.05) is 33.2 Å². The number of sulfonamides is 1. The van der Waals surface area contributed by atoms with Crippen molar-refractivity contribution in [3.8, 4) is 5.75 Å². The number of nitrogens with one attached hydrogen (secondary N) is 2. The molecule has 144 valence electrons. The van der Waals surface area contributed by atoms with Crippen molar-refractivity contribution in [3.63, 3.8) is 0 Å². The molecule has 2 rings (SSSR count). The highest BCUT2D eigenvalue weighted by molar-refractivity contribution is 7.89. The summed E-state index contributed by atoms with van der Waals surface area (Å²) >= 11 is 0. The zero-order valence-electron chi connectivity index (χ0n) is 15.1. The lowest BCUT2D eigenvalue weighted by atomic mass is 10.2. The van der Waals surface area contributed by atoms with Gasteiger partial charge in [-0.15, -0.1) is 0 Å². The Morgan fingerprint density at radius 2 is 1.69 bits per heavy atom. The van der Waals surface area contributed by atoms with Crippen LogP contribution < -0.4 is 15.4 Å². The van der Waals surface area contributed by atoms with Gasteiger partial charge in [-0.1, -0.05) is 0 Å². The molecular formula is C16H24N4O5S. The van der Waals surface area contributed by atoms with Gasteiger partial charge in [-0.3, -0.25) is 15.0 Å². The summed E-state index contributed by atoms with van der Waals surface area (Å²) in [5.74, 6) is 0.167. The molecule has 1 aliphatic rings. The van der Waals surface area contributed by atoms with Crippen LogP contribution in [0, 0.1) is 0 Å². The van der Waals surface area contributed by atoms with Gasteiger partial charge >= 0.3 is 6.03 Å². The summed E-state index contributed by atoms with van der Waals surface area (Å²) < 4.78 is 31.9. The van der Waals surface area contributed by atoms with Crippen molar-refractivity contribution >= 4 is 22.0 Å². The van der Waals surface area contributed by atoms with Crippen LogP contribution in [0.25, 0.3) is 0 Å². The fourth-order valence-electron chi connectivity index (χ4n) is 2.67. The Balaban J connectivity index is 1.98. The van der Waals surface area contributed by atoms with Gasteiger partial charge in [0.05, 0.1) is 18.0 Å². The van der Waals surface area contributed by atoms with Gasteiger partial charge in [-0.2, -0.15) is 4.31 Å².